The molecular weight excluding hydrogens is 468 g/mol. The summed E-state index contributed by atoms with van der Waals surface area (Å²) in [6, 6.07) is 7.80. The van der Waals surface area contributed by atoms with Gasteiger partial charge in [0.25, 0.3) is 5.56 Å². The number of ether oxygens (including phenoxy) is 1. The number of nitrogens with zero attached hydrogens (tertiary/aromatic N) is 2. The van der Waals surface area contributed by atoms with Crippen LogP contribution in [-0.2, 0) is 19.4 Å². The second kappa shape index (κ2) is 9.49. The van der Waals surface area contributed by atoms with E-state index in [1.165, 1.54) is 23.3 Å². The van der Waals surface area contributed by atoms with Gasteiger partial charge in [-0.3, -0.25) is 9.36 Å². The molecule has 4 rings (SSSR count). The molecule has 29 heavy (non-hydrogen) atoms. The molecule has 7 heteroatoms. The lowest BCUT2D eigenvalue weighted by Gasteiger charge is -2.11. The molecule has 0 atom stereocenters. The number of thioether (sulfide) groups is 1. The molecule has 4 nitrogen and oxygen atoms in total. The number of hydrogen-bond acceptors (Lipinski definition) is 5. The molecule has 0 saturated carbocycles. The number of fused-ring (bicyclic) bond motifs is 3. The summed E-state index contributed by atoms with van der Waals surface area (Å²) >= 11 is 6.72. The first kappa shape index (κ1) is 20.7. The third-order valence-electron chi connectivity index (χ3n) is 4.98. The van der Waals surface area contributed by atoms with Crippen LogP contribution in [0.2, 0.25) is 0 Å². The zero-order valence-electron chi connectivity index (χ0n) is 16.2. The van der Waals surface area contributed by atoms with Crippen molar-refractivity contribution >= 4 is 49.2 Å². The molecule has 1 aliphatic carbocycles. The number of halogens is 1. The second-order valence-electron chi connectivity index (χ2n) is 7.00. The van der Waals surface area contributed by atoms with E-state index in [1.807, 2.05) is 24.3 Å². The van der Waals surface area contributed by atoms with E-state index < -0.39 is 0 Å². The molecule has 152 valence electrons. The van der Waals surface area contributed by atoms with Crippen LogP contribution >= 0.6 is 39.0 Å². The van der Waals surface area contributed by atoms with Crippen LogP contribution in [0, 0.1) is 0 Å². The molecule has 1 aromatic carbocycles. The number of hydrogen-bond donors (Lipinski definition) is 0. The van der Waals surface area contributed by atoms with Crippen LogP contribution in [0.25, 0.3) is 10.2 Å². The largest absolute Gasteiger partial charge is 0.493 e. The summed E-state index contributed by atoms with van der Waals surface area (Å²) in [5.74, 6) is 1.54. The van der Waals surface area contributed by atoms with E-state index in [2.05, 4.69) is 22.5 Å². The highest BCUT2D eigenvalue weighted by molar-refractivity contribution is 9.10. The molecule has 0 N–H and O–H groups in total. The topological polar surface area (TPSA) is 44.1 Å². The van der Waals surface area contributed by atoms with Crippen LogP contribution in [0.3, 0.4) is 0 Å². The van der Waals surface area contributed by atoms with Gasteiger partial charge in [-0.05, 0) is 49.4 Å². The molecule has 0 saturated heterocycles. The molecular formula is C22H23BrN2O2S2. The zero-order chi connectivity index (χ0) is 20.2. The smallest absolute Gasteiger partial charge is 0.263 e. The van der Waals surface area contributed by atoms with Gasteiger partial charge >= 0.3 is 0 Å². The van der Waals surface area contributed by atoms with Gasteiger partial charge in [-0.15, -0.1) is 17.9 Å². The Hall–Kier alpha value is -1.57. The first-order valence-electron chi connectivity index (χ1n) is 9.84. The van der Waals surface area contributed by atoms with Gasteiger partial charge in [0.05, 0.1) is 12.0 Å². The Labute approximate surface area is 187 Å². The molecule has 0 fully saturated rings. The SMILES string of the molecule is C=CCn1c(SCCOc2cccc(Br)c2)nc2sc3c(c2c1=O)CCCCC3. The Morgan fingerprint density at radius 2 is 2.17 bits per heavy atom. The Morgan fingerprint density at radius 3 is 3.00 bits per heavy atom. The highest BCUT2D eigenvalue weighted by atomic mass is 79.9. The van der Waals surface area contributed by atoms with E-state index in [-0.39, 0.29) is 5.56 Å². The Balaban J connectivity index is 1.57. The standard InChI is InChI=1S/C22H23BrN2O2S2/c1-2-11-25-21(26)19-17-9-4-3-5-10-18(17)29-20(19)24-22(25)28-13-12-27-16-8-6-7-15(23)14-16/h2,6-8,14H,1,3-5,9-13H2. The number of benzene rings is 1. The monoisotopic (exact) mass is 490 g/mol. The van der Waals surface area contributed by atoms with E-state index in [0.29, 0.717) is 18.9 Å². The quantitative estimate of drug-likeness (QED) is 0.137. The van der Waals surface area contributed by atoms with Crippen molar-refractivity contribution in [2.45, 2.75) is 43.8 Å². The minimum Gasteiger partial charge on any atom is -0.493 e. The van der Waals surface area contributed by atoms with Crippen LogP contribution < -0.4 is 10.3 Å². The molecule has 0 bridgehead atoms. The number of allylic oxidation sites excluding steroid dienone is 1. The van der Waals surface area contributed by atoms with Crippen molar-refractivity contribution in [1.82, 2.24) is 9.55 Å². The first-order valence-corrected chi connectivity index (χ1v) is 12.4. The second-order valence-corrected chi connectivity index (χ2v) is 10.1. The summed E-state index contributed by atoms with van der Waals surface area (Å²) in [4.78, 5) is 20.4. The predicted octanol–water partition coefficient (Wildman–Crippen LogP) is 5.85. The molecule has 0 aliphatic heterocycles. The van der Waals surface area contributed by atoms with E-state index in [0.717, 1.165) is 44.9 Å². The van der Waals surface area contributed by atoms with Crippen LogP contribution in [0.15, 0.2) is 51.3 Å². The summed E-state index contributed by atoms with van der Waals surface area (Å²) in [6.45, 7) is 4.85. The van der Waals surface area contributed by atoms with Crippen LogP contribution in [0.1, 0.15) is 29.7 Å². The maximum Gasteiger partial charge on any atom is 0.263 e. The van der Waals surface area contributed by atoms with Gasteiger partial charge in [0, 0.05) is 21.6 Å². The summed E-state index contributed by atoms with van der Waals surface area (Å²) < 4.78 is 8.58. The van der Waals surface area contributed by atoms with Gasteiger partial charge < -0.3 is 4.74 Å². The lowest BCUT2D eigenvalue weighted by molar-refractivity contribution is 0.343. The summed E-state index contributed by atoms with van der Waals surface area (Å²) in [5, 5.41) is 1.58. The molecule has 1 aliphatic rings. The van der Waals surface area contributed by atoms with E-state index in [1.54, 1.807) is 33.7 Å². The minimum atomic E-state index is 0.0738. The third kappa shape index (κ3) is 4.62. The normalized spacial score (nSPS) is 13.8. The fraction of sp³-hybridized carbons (Fsp3) is 0.364. The fourth-order valence-electron chi connectivity index (χ4n) is 3.65. The number of rotatable bonds is 7. The van der Waals surface area contributed by atoms with Gasteiger partial charge in [0.15, 0.2) is 5.16 Å². The molecule has 0 unspecified atom stereocenters. The van der Waals surface area contributed by atoms with Crippen molar-refractivity contribution < 1.29 is 4.74 Å². The molecule has 0 spiro atoms. The summed E-state index contributed by atoms with van der Waals surface area (Å²) in [6.07, 6.45) is 7.43. The Kier molecular flexibility index (Phi) is 6.77. The van der Waals surface area contributed by atoms with E-state index in [4.69, 9.17) is 9.72 Å². The van der Waals surface area contributed by atoms with Gasteiger partial charge in [0.2, 0.25) is 0 Å². The summed E-state index contributed by atoms with van der Waals surface area (Å²) in [5.41, 5.74) is 1.32. The van der Waals surface area contributed by atoms with E-state index in [9.17, 15) is 4.79 Å². The van der Waals surface area contributed by atoms with E-state index >= 15 is 0 Å². The van der Waals surface area contributed by atoms with Crippen molar-refractivity contribution in [3.63, 3.8) is 0 Å². The highest BCUT2D eigenvalue weighted by Crippen LogP contribution is 2.34. The van der Waals surface area contributed by atoms with Gasteiger partial charge in [-0.25, -0.2) is 4.98 Å². The number of aryl methyl sites for hydroxylation is 2. The zero-order valence-corrected chi connectivity index (χ0v) is 19.4. The Morgan fingerprint density at radius 1 is 1.31 bits per heavy atom. The van der Waals surface area contributed by atoms with Crippen molar-refractivity contribution in [2.24, 2.45) is 0 Å². The predicted molar refractivity (Wildman–Crippen MR) is 126 cm³/mol. The molecule has 3 aromatic rings. The molecule has 0 amide bonds. The minimum absolute atomic E-state index is 0.0738. The number of aromatic nitrogens is 2. The van der Waals surface area contributed by atoms with Crippen molar-refractivity contribution in [3.05, 3.63) is 62.2 Å². The van der Waals surface area contributed by atoms with Crippen LogP contribution in [0.4, 0.5) is 0 Å². The van der Waals surface area contributed by atoms with Gasteiger partial charge in [-0.1, -0.05) is 46.3 Å². The lowest BCUT2D eigenvalue weighted by atomic mass is 10.1. The Bertz CT molecular complexity index is 1090. The third-order valence-corrected chi connectivity index (χ3v) is 7.60. The van der Waals surface area contributed by atoms with Crippen molar-refractivity contribution in [1.29, 1.82) is 0 Å². The van der Waals surface area contributed by atoms with Crippen molar-refractivity contribution in [2.75, 3.05) is 12.4 Å². The molecule has 2 heterocycles. The first-order chi connectivity index (χ1) is 14.2. The van der Waals surface area contributed by atoms with Crippen LogP contribution in [0.5, 0.6) is 5.75 Å². The average molecular weight is 491 g/mol. The highest BCUT2D eigenvalue weighted by Gasteiger charge is 2.21. The average Bonchev–Trinajstić information content (AvgIpc) is 2.89. The van der Waals surface area contributed by atoms with Gasteiger partial charge in [-0.2, -0.15) is 0 Å². The lowest BCUT2D eigenvalue weighted by Crippen LogP contribution is -2.23. The summed E-state index contributed by atoms with van der Waals surface area (Å²) in [7, 11) is 0. The maximum absolute atomic E-state index is 13.3. The van der Waals surface area contributed by atoms with Crippen LogP contribution in [-0.4, -0.2) is 21.9 Å². The van der Waals surface area contributed by atoms with Gasteiger partial charge in [0.1, 0.15) is 10.6 Å². The molecule has 2 aromatic heterocycles. The fourth-order valence-corrected chi connectivity index (χ4v) is 6.15. The molecule has 0 radical (unpaired) electrons. The number of thiophene rings is 1. The van der Waals surface area contributed by atoms with Crippen molar-refractivity contribution in [3.8, 4) is 5.75 Å². The maximum atomic E-state index is 13.3.